The third-order valence-corrected chi connectivity index (χ3v) is 9.16. The molecule has 1 aliphatic carbocycles. The fourth-order valence-electron chi connectivity index (χ4n) is 7.32. The molecule has 8 heteroatoms. The van der Waals surface area contributed by atoms with E-state index in [-0.39, 0.29) is 17.3 Å². The number of carbonyl (C=O) groups is 3. The molecule has 1 saturated heterocycles. The van der Waals surface area contributed by atoms with Crippen molar-refractivity contribution in [2.75, 3.05) is 26.2 Å². The number of hydrogen-bond acceptors (Lipinski definition) is 7. The summed E-state index contributed by atoms with van der Waals surface area (Å²) in [5.41, 5.74) is 0.758. The average Bonchev–Trinajstić information content (AvgIpc) is 3.49. The summed E-state index contributed by atoms with van der Waals surface area (Å²) in [5.74, 6) is -1.19. The predicted octanol–water partition coefficient (Wildman–Crippen LogP) is 6.17. The Morgan fingerprint density at radius 1 is 0.795 bits per heavy atom. The van der Waals surface area contributed by atoms with Gasteiger partial charge in [0.05, 0.1) is 27.4 Å². The van der Waals surface area contributed by atoms with Crippen molar-refractivity contribution in [2.24, 2.45) is 5.41 Å². The third kappa shape index (κ3) is 3.70. The maximum Gasteiger partial charge on any atom is 0.186 e. The molecule has 0 N–H and O–H groups in total. The number of Topliss-reactive ketones (excluding diaryl/α,β-unsaturated/α-hetero) is 3. The molecule has 3 aliphatic rings. The molecule has 1 spiro atoms. The van der Waals surface area contributed by atoms with Gasteiger partial charge in [-0.25, -0.2) is 4.39 Å². The van der Waals surface area contributed by atoms with E-state index >= 15 is 0 Å². The second-order valence-electron chi connectivity index (χ2n) is 11.1. The quantitative estimate of drug-likeness (QED) is 0.197. The van der Waals surface area contributed by atoms with Crippen molar-refractivity contribution in [3.05, 3.63) is 125 Å². The first kappa shape index (κ1) is 27.6. The van der Waals surface area contributed by atoms with Crippen LogP contribution in [0, 0.1) is 11.2 Å². The number of benzene rings is 4. The topological polar surface area (TPSA) is 82.1 Å². The normalized spacial score (nSPS) is 20.7. The Morgan fingerprint density at radius 2 is 1.50 bits per heavy atom. The number of rotatable bonds is 6. The zero-order valence-corrected chi connectivity index (χ0v) is 24.2. The van der Waals surface area contributed by atoms with Crippen LogP contribution in [0.5, 0.6) is 17.2 Å². The zero-order chi connectivity index (χ0) is 30.7. The second kappa shape index (κ2) is 10.2. The van der Waals surface area contributed by atoms with E-state index in [1.807, 2.05) is 4.90 Å². The molecule has 0 bridgehead atoms. The van der Waals surface area contributed by atoms with Gasteiger partial charge < -0.3 is 19.1 Å². The van der Waals surface area contributed by atoms with Crippen molar-refractivity contribution in [3.63, 3.8) is 0 Å². The number of ether oxygens (including phenoxy) is 3. The van der Waals surface area contributed by atoms with Crippen LogP contribution in [0.3, 0.4) is 0 Å². The molecule has 1 fully saturated rings. The molecule has 44 heavy (non-hydrogen) atoms. The molecule has 7 rings (SSSR count). The van der Waals surface area contributed by atoms with Crippen molar-refractivity contribution in [1.82, 2.24) is 0 Å². The number of fused-ring (bicyclic) bond motifs is 5. The van der Waals surface area contributed by atoms with Gasteiger partial charge in [0.2, 0.25) is 0 Å². The Kier molecular flexibility index (Phi) is 6.39. The van der Waals surface area contributed by atoms with Crippen LogP contribution in [0.1, 0.15) is 48.1 Å². The van der Waals surface area contributed by atoms with Gasteiger partial charge in [0.1, 0.15) is 34.5 Å². The minimum Gasteiger partial charge on any atom is -0.497 e. The van der Waals surface area contributed by atoms with Crippen LogP contribution in [0.15, 0.2) is 91.0 Å². The van der Waals surface area contributed by atoms with Gasteiger partial charge in [-0.2, -0.15) is 0 Å². The predicted molar refractivity (Wildman–Crippen MR) is 163 cm³/mol. The lowest BCUT2D eigenvalue weighted by Gasteiger charge is -2.37. The first-order chi connectivity index (χ1) is 21.3. The zero-order valence-electron chi connectivity index (χ0n) is 24.2. The summed E-state index contributed by atoms with van der Waals surface area (Å²) in [6, 6.07) is 21.1. The molecule has 2 heterocycles. The van der Waals surface area contributed by atoms with Crippen LogP contribution in [-0.4, -0.2) is 50.8 Å². The molecule has 0 amide bonds. The SMILES string of the molecule is COc1cccc(C(=O)[C@H]2[C@H](c3cc(OC)ccc3OC)C3(C(=O)c4ccccc4C3=O)C3C=Cc4cc(F)ccc4N32)c1. The maximum atomic E-state index is 14.9. The molecule has 1 unspecified atom stereocenters. The van der Waals surface area contributed by atoms with Gasteiger partial charge in [-0.3, -0.25) is 14.4 Å². The number of halogens is 1. The first-order valence-electron chi connectivity index (χ1n) is 14.2. The van der Waals surface area contributed by atoms with Crippen LogP contribution >= 0.6 is 0 Å². The van der Waals surface area contributed by atoms with Gasteiger partial charge in [-0.05, 0) is 48.5 Å². The Labute approximate surface area is 253 Å². The van der Waals surface area contributed by atoms with Crippen molar-refractivity contribution in [2.45, 2.75) is 18.0 Å². The van der Waals surface area contributed by atoms with E-state index in [1.54, 1.807) is 84.9 Å². The molecular weight excluding hydrogens is 561 g/mol. The summed E-state index contributed by atoms with van der Waals surface area (Å²) in [6.07, 6.45) is 3.48. The lowest BCUT2D eigenvalue weighted by atomic mass is 9.64. The number of anilines is 1. The van der Waals surface area contributed by atoms with E-state index < -0.39 is 29.2 Å². The maximum absolute atomic E-state index is 14.9. The molecule has 0 saturated carbocycles. The first-order valence-corrected chi connectivity index (χ1v) is 14.2. The molecule has 0 radical (unpaired) electrons. The Hall–Kier alpha value is -5.24. The lowest BCUT2D eigenvalue weighted by Crippen LogP contribution is -2.48. The van der Waals surface area contributed by atoms with E-state index in [2.05, 4.69) is 0 Å². The van der Waals surface area contributed by atoms with Crippen molar-refractivity contribution >= 4 is 29.1 Å². The minimum atomic E-state index is -1.74. The Morgan fingerprint density at radius 3 is 2.18 bits per heavy atom. The Bertz CT molecular complexity index is 1860. The highest BCUT2D eigenvalue weighted by Gasteiger charge is 2.72. The fraction of sp³-hybridized carbons (Fsp3) is 0.194. The lowest BCUT2D eigenvalue weighted by molar-refractivity contribution is 0.0664. The van der Waals surface area contributed by atoms with Crippen LogP contribution in [0.25, 0.3) is 6.08 Å². The van der Waals surface area contributed by atoms with Gasteiger partial charge in [0.15, 0.2) is 17.3 Å². The standard InChI is InChI=1S/C36H28FNO6/c1-42-23-8-6-7-21(18-23)33(39)32-31(27-19-24(43-2)13-15-29(27)44-3)36(34(40)25-9-4-5-10-26(25)35(36)41)30-16-11-20-17-22(37)12-14-28(20)38(30)32/h4-19,30-32H,1-3H3/t30?,31-,32+/m0/s1. The Balaban J connectivity index is 1.58. The molecule has 220 valence electrons. The van der Waals surface area contributed by atoms with Crippen LogP contribution in [-0.2, 0) is 0 Å². The van der Waals surface area contributed by atoms with Crippen LogP contribution < -0.4 is 19.1 Å². The third-order valence-electron chi connectivity index (χ3n) is 9.16. The van der Waals surface area contributed by atoms with Crippen molar-refractivity contribution in [1.29, 1.82) is 0 Å². The number of nitrogens with zero attached hydrogens (tertiary/aromatic N) is 1. The highest BCUT2D eigenvalue weighted by atomic mass is 19.1. The molecular formula is C36H28FNO6. The van der Waals surface area contributed by atoms with E-state index in [9.17, 15) is 18.8 Å². The van der Waals surface area contributed by atoms with Crippen molar-refractivity contribution in [3.8, 4) is 17.2 Å². The summed E-state index contributed by atoms with van der Waals surface area (Å²) in [6.45, 7) is 0. The van der Waals surface area contributed by atoms with Gasteiger partial charge in [-0.15, -0.1) is 0 Å². The van der Waals surface area contributed by atoms with E-state index in [0.717, 1.165) is 0 Å². The summed E-state index contributed by atoms with van der Waals surface area (Å²) >= 11 is 0. The summed E-state index contributed by atoms with van der Waals surface area (Å²) in [7, 11) is 4.54. The average molecular weight is 590 g/mol. The van der Waals surface area contributed by atoms with E-state index in [1.165, 1.54) is 33.5 Å². The fourth-order valence-corrected chi connectivity index (χ4v) is 7.32. The van der Waals surface area contributed by atoms with Crippen LogP contribution in [0.2, 0.25) is 0 Å². The monoisotopic (exact) mass is 589 g/mol. The molecule has 4 aromatic rings. The smallest absolute Gasteiger partial charge is 0.186 e. The molecule has 3 atom stereocenters. The second-order valence-corrected chi connectivity index (χ2v) is 11.1. The molecule has 0 aromatic heterocycles. The van der Waals surface area contributed by atoms with Gasteiger partial charge in [0.25, 0.3) is 0 Å². The molecule has 2 aliphatic heterocycles. The highest BCUT2D eigenvalue weighted by Crippen LogP contribution is 2.62. The van der Waals surface area contributed by atoms with E-state index in [0.29, 0.717) is 50.8 Å². The molecule has 4 aromatic carbocycles. The van der Waals surface area contributed by atoms with Crippen LogP contribution in [0.4, 0.5) is 10.1 Å². The van der Waals surface area contributed by atoms with E-state index in [4.69, 9.17) is 14.2 Å². The number of hydrogen-bond donors (Lipinski definition) is 0. The summed E-state index contributed by atoms with van der Waals surface area (Å²) in [4.78, 5) is 46.4. The number of methoxy groups -OCH3 is 3. The number of carbonyl (C=O) groups excluding carboxylic acids is 3. The molecule has 7 nitrogen and oxygen atoms in total. The number of ketones is 3. The van der Waals surface area contributed by atoms with Crippen molar-refractivity contribution < 1.29 is 33.0 Å². The highest BCUT2D eigenvalue weighted by molar-refractivity contribution is 6.32. The summed E-state index contributed by atoms with van der Waals surface area (Å²) < 4.78 is 31.3. The van der Waals surface area contributed by atoms with Gasteiger partial charge >= 0.3 is 0 Å². The summed E-state index contributed by atoms with van der Waals surface area (Å²) in [5, 5.41) is 0. The minimum absolute atomic E-state index is 0.303. The largest absolute Gasteiger partial charge is 0.497 e. The van der Waals surface area contributed by atoms with Gasteiger partial charge in [0, 0.05) is 39.4 Å². The van der Waals surface area contributed by atoms with Gasteiger partial charge in [-0.1, -0.05) is 48.6 Å².